The number of carbonyl (C=O) groups is 2. The molecule has 1 unspecified atom stereocenters. The number of hydrogen-bond acceptors (Lipinski definition) is 4. The molecule has 0 spiro atoms. The van der Waals surface area contributed by atoms with Gasteiger partial charge in [-0.15, -0.1) is 0 Å². The largest absolute Gasteiger partial charge is 0.390 e. The van der Waals surface area contributed by atoms with Gasteiger partial charge < -0.3 is 15.3 Å². The van der Waals surface area contributed by atoms with Crippen LogP contribution in [-0.2, 0) is 4.79 Å². The molecule has 0 bridgehead atoms. The minimum absolute atomic E-state index is 0.0862. The normalized spacial score (nSPS) is 25.6. The Balaban J connectivity index is 1.92. The third kappa shape index (κ3) is 2.51. The molecule has 1 aromatic carbocycles. The number of benzene rings is 1. The Labute approximate surface area is 121 Å². The van der Waals surface area contributed by atoms with Crippen molar-refractivity contribution in [3.8, 4) is 0 Å². The number of rotatable bonds is 1. The molecule has 1 fully saturated rings. The van der Waals surface area contributed by atoms with E-state index in [4.69, 9.17) is 0 Å². The Kier molecular flexibility index (Phi) is 3.20. The Morgan fingerprint density at radius 3 is 2.81 bits per heavy atom. The summed E-state index contributed by atoms with van der Waals surface area (Å²) in [6.45, 7) is 2.95. The van der Waals surface area contributed by atoms with Gasteiger partial charge in [0.2, 0.25) is 0 Å². The highest BCUT2D eigenvalue weighted by atomic mass is 19.1. The number of anilines is 2. The van der Waals surface area contributed by atoms with Gasteiger partial charge in [0.25, 0.3) is 11.7 Å². The molecule has 1 saturated heterocycles. The van der Waals surface area contributed by atoms with Crippen LogP contribution >= 0.6 is 0 Å². The highest BCUT2D eigenvalue weighted by Gasteiger charge is 2.31. The molecule has 2 aliphatic heterocycles. The molecule has 2 N–H and O–H groups in total. The molecule has 112 valence electrons. The van der Waals surface area contributed by atoms with E-state index in [1.807, 2.05) is 4.90 Å². The van der Waals surface area contributed by atoms with Crippen LogP contribution in [0.5, 0.6) is 0 Å². The number of fused-ring (bicyclic) bond motifs is 1. The highest BCUT2D eigenvalue weighted by molar-refractivity contribution is 6.51. The molecule has 2 aliphatic rings. The Bertz CT molecular complexity index is 628. The van der Waals surface area contributed by atoms with Crippen LogP contribution in [0, 0.1) is 5.82 Å². The fourth-order valence-corrected chi connectivity index (χ4v) is 2.90. The minimum Gasteiger partial charge on any atom is -0.390 e. The third-order valence-corrected chi connectivity index (χ3v) is 4.19. The van der Waals surface area contributed by atoms with Gasteiger partial charge in [-0.25, -0.2) is 4.39 Å². The van der Waals surface area contributed by atoms with E-state index in [0.29, 0.717) is 37.3 Å². The molecule has 3 rings (SSSR count). The van der Waals surface area contributed by atoms with E-state index in [1.54, 1.807) is 6.92 Å². The van der Waals surface area contributed by atoms with E-state index in [9.17, 15) is 19.1 Å². The van der Waals surface area contributed by atoms with Gasteiger partial charge in [-0.1, -0.05) is 0 Å². The van der Waals surface area contributed by atoms with E-state index in [1.165, 1.54) is 6.07 Å². The minimum atomic E-state index is -0.730. The number of aliphatic hydroxyl groups is 1. The molecule has 0 saturated carbocycles. The third-order valence-electron chi connectivity index (χ3n) is 4.19. The number of Topliss-reactive ketones (excluding diaryl/α,β-unsaturated/α-hetero) is 1. The summed E-state index contributed by atoms with van der Waals surface area (Å²) < 4.78 is 14.3. The first-order valence-corrected chi connectivity index (χ1v) is 7.04. The fourth-order valence-electron chi connectivity index (χ4n) is 2.90. The fraction of sp³-hybridized carbons (Fsp3) is 0.467. The van der Waals surface area contributed by atoms with E-state index in [2.05, 4.69) is 5.32 Å². The zero-order valence-corrected chi connectivity index (χ0v) is 11.8. The van der Waals surface area contributed by atoms with Gasteiger partial charge in [-0.3, -0.25) is 9.59 Å². The van der Waals surface area contributed by atoms with Crippen LogP contribution in [0.3, 0.4) is 0 Å². The molecule has 5 nitrogen and oxygen atoms in total. The molecular formula is C15H17FN2O3. The number of nitrogens with zero attached hydrogens (tertiary/aromatic N) is 1. The topological polar surface area (TPSA) is 69.6 Å². The monoisotopic (exact) mass is 292 g/mol. The average Bonchev–Trinajstić information content (AvgIpc) is 2.59. The maximum atomic E-state index is 14.3. The lowest BCUT2D eigenvalue weighted by Gasteiger charge is -2.25. The summed E-state index contributed by atoms with van der Waals surface area (Å²) in [5.41, 5.74) is 0.0773. The van der Waals surface area contributed by atoms with Crippen molar-refractivity contribution in [2.75, 3.05) is 23.3 Å². The van der Waals surface area contributed by atoms with Gasteiger partial charge in [-0.05, 0) is 38.3 Å². The van der Waals surface area contributed by atoms with Crippen LogP contribution in [0.2, 0.25) is 0 Å². The predicted octanol–water partition coefficient (Wildman–Crippen LogP) is 1.70. The smallest absolute Gasteiger partial charge is 0.296 e. The van der Waals surface area contributed by atoms with Crippen LogP contribution in [0.15, 0.2) is 12.1 Å². The summed E-state index contributed by atoms with van der Waals surface area (Å²) in [5, 5.41) is 12.5. The highest BCUT2D eigenvalue weighted by Crippen LogP contribution is 2.33. The number of amides is 1. The maximum absolute atomic E-state index is 14.3. The SMILES string of the molecule is CC1(O)CCCN(c2cc3c(cc2F)C(=O)C(=O)N3)CC1. The van der Waals surface area contributed by atoms with Crippen molar-refractivity contribution in [2.24, 2.45) is 0 Å². The first-order valence-electron chi connectivity index (χ1n) is 7.04. The summed E-state index contributed by atoms with van der Waals surface area (Å²) in [6, 6.07) is 2.63. The van der Waals surface area contributed by atoms with Crippen molar-refractivity contribution in [3.63, 3.8) is 0 Å². The van der Waals surface area contributed by atoms with Gasteiger partial charge in [0.1, 0.15) is 5.82 Å². The molecule has 1 atom stereocenters. The van der Waals surface area contributed by atoms with Crippen LogP contribution in [0.1, 0.15) is 36.5 Å². The molecule has 0 radical (unpaired) electrons. The summed E-state index contributed by atoms with van der Waals surface area (Å²) in [6.07, 6.45) is 1.98. The summed E-state index contributed by atoms with van der Waals surface area (Å²) in [5.74, 6) is -1.94. The van der Waals surface area contributed by atoms with Crippen molar-refractivity contribution in [1.82, 2.24) is 0 Å². The van der Waals surface area contributed by atoms with Crippen LogP contribution < -0.4 is 10.2 Å². The zero-order chi connectivity index (χ0) is 15.2. The van der Waals surface area contributed by atoms with Crippen molar-refractivity contribution < 1.29 is 19.1 Å². The standard InChI is InChI=1S/C15H17FN2O3/c1-15(21)3-2-5-18(6-4-15)12-8-11-9(7-10(12)16)13(19)14(20)17-11/h7-8,21H,2-6H2,1H3,(H,17,19,20). The van der Waals surface area contributed by atoms with Crippen molar-refractivity contribution in [1.29, 1.82) is 0 Å². The Hall–Kier alpha value is -1.95. The number of nitrogens with one attached hydrogen (secondary N) is 1. The second kappa shape index (κ2) is 4.80. The number of carbonyl (C=O) groups excluding carboxylic acids is 2. The van der Waals surface area contributed by atoms with E-state index in [0.717, 1.165) is 12.5 Å². The zero-order valence-electron chi connectivity index (χ0n) is 11.8. The van der Waals surface area contributed by atoms with Crippen molar-refractivity contribution in [3.05, 3.63) is 23.5 Å². The van der Waals surface area contributed by atoms with Gasteiger partial charge >= 0.3 is 0 Å². The molecule has 0 aliphatic carbocycles. The number of halogens is 1. The first-order chi connectivity index (χ1) is 9.87. The summed E-state index contributed by atoms with van der Waals surface area (Å²) in [7, 11) is 0. The van der Waals surface area contributed by atoms with Gasteiger partial charge in [0, 0.05) is 13.1 Å². The van der Waals surface area contributed by atoms with Crippen LogP contribution in [0.4, 0.5) is 15.8 Å². The molecule has 1 amide bonds. The Morgan fingerprint density at radius 2 is 2.05 bits per heavy atom. The van der Waals surface area contributed by atoms with Gasteiger partial charge in [0.15, 0.2) is 0 Å². The molecule has 6 heteroatoms. The van der Waals surface area contributed by atoms with Gasteiger partial charge in [-0.2, -0.15) is 0 Å². The van der Waals surface area contributed by atoms with Crippen LogP contribution in [-0.4, -0.2) is 35.5 Å². The molecule has 0 aromatic heterocycles. The summed E-state index contributed by atoms with van der Waals surface area (Å²) in [4.78, 5) is 24.7. The lowest BCUT2D eigenvalue weighted by atomic mass is 9.98. The summed E-state index contributed by atoms with van der Waals surface area (Å²) >= 11 is 0. The second-order valence-electron chi connectivity index (χ2n) is 5.97. The maximum Gasteiger partial charge on any atom is 0.296 e. The van der Waals surface area contributed by atoms with E-state index >= 15 is 0 Å². The first kappa shape index (κ1) is 14.0. The quantitative estimate of drug-likeness (QED) is 0.773. The molecular weight excluding hydrogens is 275 g/mol. The lowest BCUT2D eigenvalue weighted by molar-refractivity contribution is -0.112. The number of hydrogen-bond donors (Lipinski definition) is 2. The van der Waals surface area contributed by atoms with Crippen molar-refractivity contribution in [2.45, 2.75) is 31.8 Å². The molecule has 2 heterocycles. The average molecular weight is 292 g/mol. The van der Waals surface area contributed by atoms with E-state index in [-0.39, 0.29) is 5.56 Å². The Morgan fingerprint density at radius 1 is 1.29 bits per heavy atom. The van der Waals surface area contributed by atoms with E-state index < -0.39 is 23.1 Å². The van der Waals surface area contributed by atoms with Crippen LogP contribution in [0.25, 0.3) is 0 Å². The lowest BCUT2D eigenvalue weighted by Crippen LogP contribution is -2.28. The van der Waals surface area contributed by atoms with Gasteiger partial charge in [0.05, 0.1) is 22.5 Å². The molecule has 1 aromatic rings. The second-order valence-corrected chi connectivity index (χ2v) is 5.97. The van der Waals surface area contributed by atoms with Crippen molar-refractivity contribution >= 4 is 23.1 Å². The molecule has 21 heavy (non-hydrogen) atoms. The number of ketones is 1. The predicted molar refractivity (Wildman–Crippen MR) is 76.0 cm³/mol.